The number of carbonyl (C=O) groups excluding carboxylic acids is 2. The van der Waals surface area contributed by atoms with Crippen LogP contribution in [-0.2, 0) is 41.8 Å². The van der Waals surface area contributed by atoms with Gasteiger partial charge in [-0.1, -0.05) is 168 Å². The Balaban J connectivity index is 2.61. The molecule has 1 fully saturated rings. The van der Waals surface area contributed by atoms with Crippen molar-refractivity contribution in [3.8, 4) is 0 Å². The van der Waals surface area contributed by atoms with Gasteiger partial charge in [-0.3, -0.25) is 14.2 Å². The highest BCUT2D eigenvalue weighted by Gasteiger charge is 2.51. The predicted octanol–water partition coefficient (Wildman–Crippen LogP) is 5.95. The quantitative estimate of drug-likeness (QED) is 0.0317. The van der Waals surface area contributed by atoms with Crippen LogP contribution in [-0.4, -0.2) is 88.3 Å². The number of ether oxygens (including phenoxy) is 2. The maximum absolute atomic E-state index is 12.8. The number of hydrogen-bond acceptors (Lipinski definition) is 16. The van der Waals surface area contributed by atoms with Crippen molar-refractivity contribution in [2.45, 2.75) is 236 Å². The molecule has 0 aromatic heterocycles. The van der Waals surface area contributed by atoms with Gasteiger partial charge in [0.05, 0.1) is 14.4 Å². The van der Waals surface area contributed by atoms with Gasteiger partial charge in [-0.15, -0.1) is 0 Å². The maximum atomic E-state index is 12.8. The zero-order valence-electron chi connectivity index (χ0n) is 35.8. The summed E-state index contributed by atoms with van der Waals surface area (Å²) in [6.07, 6.45) is 14.0. The first kappa shape index (κ1) is 56.0. The SMILES string of the molecule is CCCCCCCCCCCCCCCC(=O)OCC(COP(=O)([O-])O[C@@H]1[C@H](O)[C@H](OP(=O)([O-])[O-])[C@@H](O)[C@H](O)[C@H]1O)OC(=O)CCCCCCCCCCCCCCC. The fourth-order valence-electron chi connectivity index (χ4n) is 7.13. The summed E-state index contributed by atoms with van der Waals surface area (Å²) in [6.45, 7) is 2.97. The lowest BCUT2D eigenvalue weighted by Crippen LogP contribution is -2.65. The van der Waals surface area contributed by atoms with Crippen molar-refractivity contribution in [1.29, 1.82) is 0 Å². The van der Waals surface area contributed by atoms with Gasteiger partial charge in [-0.2, -0.15) is 0 Å². The normalized spacial score (nSPS) is 22.5. The van der Waals surface area contributed by atoms with E-state index < -0.39 is 83.5 Å². The summed E-state index contributed by atoms with van der Waals surface area (Å²) in [7, 11) is -11.4. The summed E-state index contributed by atoms with van der Waals surface area (Å²) in [5.41, 5.74) is 0. The molecule has 0 aliphatic heterocycles. The second kappa shape index (κ2) is 33.5. The van der Waals surface area contributed by atoms with Crippen LogP contribution in [0.15, 0.2) is 0 Å². The molecule has 18 heteroatoms. The van der Waals surface area contributed by atoms with E-state index in [0.717, 1.165) is 51.4 Å². The topological polar surface area (TPSA) is 265 Å². The highest BCUT2D eigenvalue weighted by atomic mass is 31.2. The molecule has 8 atom stereocenters. The Hall–Kier alpha value is -1.00. The largest absolute Gasteiger partial charge is 0.790 e. The van der Waals surface area contributed by atoms with Crippen molar-refractivity contribution < 1.29 is 76.9 Å². The van der Waals surface area contributed by atoms with Gasteiger partial charge in [0, 0.05) is 12.8 Å². The molecular weight excluding hydrogens is 810 g/mol. The molecule has 2 unspecified atom stereocenters. The molecule has 1 aliphatic carbocycles. The molecular formula is C41H77O16P2-3. The molecule has 0 saturated heterocycles. The minimum atomic E-state index is -5.87. The Morgan fingerprint density at radius 1 is 0.492 bits per heavy atom. The van der Waals surface area contributed by atoms with Gasteiger partial charge < -0.3 is 62.7 Å². The molecule has 16 nitrogen and oxygen atoms in total. The van der Waals surface area contributed by atoms with Crippen LogP contribution < -0.4 is 14.7 Å². The molecule has 0 aromatic rings. The molecule has 0 aromatic carbocycles. The van der Waals surface area contributed by atoms with Crippen molar-refractivity contribution in [2.75, 3.05) is 13.2 Å². The number of phosphoric acid groups is 2. The molecule has 0 bridgehead atoms. The van der Waals surface area contributed by atoms with Gasteiger partial charge in [0.25, 0.3) is 7.82 Å². The van der Waals surface area contributed by atoms with Crippen LogP contribution in [0.25, 0.3) is 0 Å². The highest BCUT2D eigenvalue weighted by Crippen LogP contribution is 2.45. The van der Waals surface area contributed by atoms with E-state index in [1.807, 2.05) is 0 Å². The van der Waals surface area contributed by atoms with E-state index >= 15 is 0 Å². The van der Waals surface area contributed by atoms with E-state index in [1.54, 1.807) is 0 Å². The van der Waals surface area contributed by atoms with Gasteiger partial charge in [-0.25, -0.2) is 0 Å². The van der Waals surface area contributed by atoms with E-state index in [-0.39, 0.29) is 12.8 Å². The number of hydrogen-bond donors (Lipinski definition) is 4. The maximum Gasteiger partial charge on any atom is 0.306 e. The second-order valence-electron chi connectivity index (χ2n) is 16.1. The number of phosphoric ester groups is 2. The Kier molecular flexibility index (Phi) is 31.8. The van der Waals surface area contributed by atoms with Gasteiger partial charge in [0.15, 0.2) is 6.10 Å². The third-order valence-corrected chi connectivity index (χ3v) is 12.1. The fraction of sp³-hybridized carbons (Fsp3) is 0.951. The lowest BCUT2D eigenvalue weighted by Gasteiger charge is -2.47. The number of carbonyl (C=O) groups is 2. The average molecular weight is 888 g/mol. The zero-order valence-corrected chi connectivity index (χ0v) is 37.6. The molecule has 0 heterocycles. The second-order valence-corrected chi connectivity index (χ2v) is 18.5. The van der Waals surface area contributed by atoms with E-state index in [1.165, 1.54) is 103 Å². The summed E-state index contributed by atoms with van der Waals surface area (Å²) < 4.78 is 48.3. The van der Waals surface area contributed by atoms with Crippen molar-refractivity contribution in [3.63, 3.8) is 0 Å². The summed E-state index contributed by atoms with van der Waals surface area (Å²) in [6, 6.07) is 0. The number of rotatable bonds is 38. The lowest BCUT2D eigenvalue weighted by molar-refractivity contribution is -0.353. The van der Waals surface area contributed by atoms with Crippen LogP contribution in [0, 0.1) is 0 Å². The molecule has 4 N–H and O–H groups in total. The first-order valence-corrected chi connectivity index (χ1v) is 25.5. The fourth-order valence-corrected chi connectivity index (χ4v) is 8.63. The standard InChI is InChI=1S/C41H80O16P2/c1-3-5-7-9-11-13-15-17-19-21-23-25-27-29-34(42)53-31-33(55-35(43)30-28-26-24-22-20-18-16-14-12-10-8-6-4-2)32-54-59(51,52)57-41-38(46)36(44)37(45)40(39(41)47)56-58(48,49)50/h33,36-41,44-47H,3-32H2,1-2H3,(H,51,52)(H2,48,49,50)/p-3/t33?,36-,37-,38+,39+,40+,41-/m0/s1. The molecule has 0 spiro atoms. The minimum Gasteiger partial charge on any atom is -0.790 e. The summed E-state index contributed by atoms with van der Waals surface area (Å²) >= 11 is 0. The molecule has 1 saturated carbocycles. The Morgan fingerprint density at radius 2 is 0.847 bits per heavy atom. The summed E-state index contributed by atoms with van der Waals surface area (Å²) in [5.74, 6) is -1.25. The van der Waals surface area contributed by atoms with Crippen LogP contribution in [0.3, 0.4) is 0 Å². The molecule has 0 radical (unpaired) electrons. The predicted molar refractivity (Wildman–Crippen MR) is 216 cm³/mol. The average Bonchev–Trinajstić information content (AvgIpc) is 3.18. The first-order valence-electron chi connectivity index (χ1n) is 22.5. The van der Waals surface area contributed by atoms with E-state index in [4.69, 9.17) is 18.5 Å². The van der Waals surface area contributed by atoms with Crippen molar-refractivity contribution in [2.24, 2.45) is 0 Å². The van der Waals surface area contributed by atoms with Crippen LogP contribution in [0.1, 0.15) is 194 Å². The summed E-state index contributed by atoms with van der Waals surface area (Å²) in [5, 5.41) is 40.9. The van der Waals surface area contributed by atoms with Gasteiger partial charge in [-0.05, 0) is 12.8 Å². The highest BCUT2D eigenvalue weighted by molar-refractivity contribution is 7.45. The minimum absolute atomic E-state index is 0.0258. The third kappa shape index (κ3) is 28.3. The number of aliphatic hydroxyl groups excluding tert-OH is 4. The molecule has 350 valence electrons. The first-order chi connectivity index (χ1) is 28.1. The van der Waals surface area contributed by atoms with Crippen molar-refractivity contribution in [1.82, 2.24) is 0 Å². The van der Waals surface area contributed by atoms with E-state index in [0.29, 0.717) is 12.8 Å². The molecule has 0 amide bonds. The monoisotopic (exact) mass is 887 g/mol. The van der Waals surface area contributed by atoms with Gasteiger partial charge in [0.1, 0.15) is 43.2 Å². The Labute approximate surface area is 353 Å². The number of aliphatic hydroxyl groups is 4. The Morgan fingerprint density at radius 3 is 1.24 bits per heavy atom. The lowest BCUT2D eigenvalue weighted by atomic mass is 9.85. The van der Waals surface area contributed by atoms with E-state index in [2.05, 4.69) is 18.4 Å². The number of esters is 2. The van der Waals surface area contributed by atoms with Crippen LogP contribution >= 0.6 is 15.6 Å². The van der Waals surface area contributed by atoms with Crippen LogP contribution in [0.4, 0.5) is 0 Å². The molecule has 1 rings (SSSR count). The van der Waals surface area contributed by atoms with E-state index in [9.17, 15) is 53.8 Å². The van der Waals surface area contributed by atoms with Crippen LogP contribution in [0.2, 0.25) is 0 Å². The zero-order chi connectivity index (χ0) is 43.9. The third-order valence-electron chi connectivity index (χ3n) is 10.7. The molecule has 59 heavy (non-hydrogen) atoms. The van der Waals surface area contributed by atoms with Gasteiger partial charge >= 0.3 is 11.9 Å². The number of unbranched alkanes of at least 4 members (excludes halogenated alkanes) is 24. The summed E-state index contributed by atoms with van der Waals surface area (Å²) in [4.78, 5) is 60.4. The van der Waals surface area contributed by atoms with Gasteiger partial charge in [0.2, 0.25) is 0 Å². The van der Waals surface area contributed by atoms with Crippen molar-refractivity contribution in [3.05, 3.63) is 0 Å². The molecule has 1 aliphatic rings. The Bertz CT molecular complexity index is 1170. The van der Waals surface area contributed by atoms with Crippen LogP contribution in [0.5, 0.6) is 0 Å². The van der Waals surface area contributed by atoms with Crippen molar-refractivity contribution >= 4 is 27.6 Å². The smallest absolute Gasteiger partial charge is 0.306 e.